The second-order valence-electron chi connectivity index (χ2n) is 8.56. The van der Waals surface area contributed by atoms with Crippen molar-refractivity contribution in [3.63, 3.8) is 0 Å². The molecule has 0 saturated carbocycles. The summed E-state index contributed by atoms with van der Waals surface area (Å²) in [7, 11) is 1.74. The van der Waals surface area contributed by atoms with Crippen molar-refractivity contribution in [2.24, 2.45) is 0 Å². The first kappa shape index (κ1) is 27.2. The number of ether oxygens (including phenoxy) is 1. The lowest BCUT2D eigenvalue weighted by Gasteiger charge is -2.19. The van der Waals surface area contributed by atoms with Gasteiger partial charge in [0.25, 0.3) is 0 Å². The van der Waals surface area contributed by atoms with Crippen LogP contribution in [0.4, 0.5) is 10.5 Å². The Balaban J connectivity index is 2.13. The van der Waals surface area contributed by atoms with Crippen molar-refractivity contribution >= 4 is 17.7 Å². The molecule has 7 nitrogen and oxygen atoms in total. The summed E-state index contributed by atoms with van der Waals surface area (Å²) in [5.41, 5.74) is 3.31. The van der Waals surface area contributed by atoms with Gasteiger partial charge in [-0.3, -0.25) is 14.7 Å². The molecule has 2 aromatic rings. The fraction of sp³-hybridized carbons (Fsp3) is 0.519. The highest BCUT2D eigenvalue weighted by molar-refractivity contribution is 5.92. The number of aliphatic carboxylic acids is 1. The van der Waals surface area contributed by atoms with E-state index in [4.69, 9.17) is 9.84 Å². The average molecular weight is 470 g/mol. The van der Waals surface area contributed by atoms with Crippen molar-refractivity contribution in [1.29, 1.82) is 0 Å². The monoisotopic (exact) mass is 469 g/mol. The second kappa shape index (κ2) is 14.9. The molecule has 1 heterocycles. The molecule has 0 fully saturated rings. The van der Waals surface area contributed by atoms with Crippen LogP contribution in [0.15, 0.2) is 36.7 Å². The molecule has 0 spiro atoms. The Hall–Kier alpha value is -3.09. The van der Waals surface area contributed by atoms with Gasteiger partial charge in [-0.25, -0.2) is 4.79 Å². The molecule has 0 bridgehead atoms. The molecular formula is C27H39N3O4. The number of hydrogen-bond donors (Lipinski definition) is 2. The van der Waals surface area contributed by atoms with E-state index in [-0.39, 0.29) is 12.5 Å². The fourth-order valence-corrected chi connectivity index (χ4v) is 3.58. The van der Waals surface area contributed by atoms with Crippen LogP contribution in [-0.4, -0.2) is 42.3 Å². The predicted octanol–water partition coefficient (Wildman–Crippen LogP) is 6.06. The lowest BCUT2D eigenvalue weighted by molar-refractivity contribution is -0.136. The van der Waals surface area contributed by atoms with E-state index < -0.39 is 5.97 Å². The van der Waals surface area contributed by atoms with Crippen LogP contribution in [0.3, 0.4) is 0 Å². The maximum absolute atomic E-state index is 12.6. The molecular weight excluding hydrogens is 430 g/mol. The summed E-state index contributed by atoms with van der Waals surface area (Å²) < 4.78 is 6.05. The van der Waals surface area contributed by atoms with Gasteiger partial charge in [0.15, 0.2) is 0 Å². The van der Waals surface area contributed by atoms with Crippen molar-refractivity contribution in [3.05, 3.63) is 42.2 Å². The fourth-order valence-electron chi connectivity index (χ4n) is 3.58. The SMILES string of the molecule is CCCCCCCNC(=O)N(C)c1cncc(-c2ccc(CCC(=O)O)cc2OCCCC)c1. The molecule has 0 radical (unpaired) electrons. The highest BCUT2D eigenvalue weighted by Crippen LogP contribution is 2.33. The summed E-state index contributed by atoms with van der Waals surface area (Å²) in [6, 6.07) is 7.54. The number of carbonyl (C=O) groups is 2. The average Bonchev–Trinajstić information content (AvgIpc) is 2.84. The van der Waals surface area contributed by atoms with Gasteiger partial charge in [0, 0.05) is 37.3 Å². The Kier molecular flexibility index (Phi) is 11.9. The summed E-state index contributed by atoms with van der Waals surface area (Å²) in [5.74, 6) is -0.119. The number of rotatable bonds is 15. The molecule has 34 heavy (non-hydrogen) atoms. The van der Waals surface area contributed by atoms with Crippen LogP contribution in [0.25, 0.3) is 11.1 Å². The summed E-state index contributed by atoms with van der Waals surface area (Å²) in [6.07, 6.45) is 11.6. The number of hydrogen-bond acceptors (Lipinski definition) is 4. The molecule has 2 N–H and O–H groups in total. The molecule has 0 aliphatic carbocycles. The summed E-state index contributed by atoms with van der Waals surface area (Å²) in [6.45, 7) is 5.53. The first-order chi connectivity index (χ1) is 16.5. The number of carboxylic acids is 1. The molecule has 1 aromatic heterocycles. The van der Waals surface area contributed by atoms with Gasteiger partial charge < -0.3 is 15.2 Å². The minimum Gasteiger partial charge on any atom is -0.493 e. The number of unbranched alkanes of at least 4 members (excludes halogenated alkanes) is 5. The van der Waals surface area contributed by atoms with Gasteiger partial charge in [0.1, 0.15) is 5.75 Å². The molecule has 0 aliphatic heterocycles. The van der Waals surface area contributed by atoms with Gasteiger partial charge in [-0.15, -0.1) is 0 Å². The van der Waals surface area contributed by atoms with E-state index in [9.17, 15) is 9.59 Å². The van der Waals surface area contributed by atoms with Gasteiger partial charge in [-0.05, 0) is 37.0 Å². The largest absolute Gasteiger partial charge is 0.493 e. The Morgan fingerprint density at radius 3 is 2.53 bits per heavy atom. The molecule has 0 unspecified atom stereocenters. The quantitative estimate of drug-likeness (QED) is 0.309. The van der Waals surface area contributed by atoms with Crippen LogP contribution < -0.4 is 15.0 Å². The molecule has 186 valence electrons. The van der Waals surface area contributed by atoms with Crippen LogP contribution in [0.5, 0.6) is 5.75 Å². The van der Waals surface area contributed by atoms with Crippen LogP contribution >= 0.6 is 0 Å². The zero-order chi connectivity index (χ0) is 24.8. The van der Waals surface area contributed by atoms with E-state index in [0.717, 1.165) is 42.4 Å². The molecule has 2 amide bonds. The summed E-state index contributed by atoms with van der Waals surface area (Å²) in [5, 5.41) is 12.0. The highest BCUT2D eigenvalue weighted by Gasteiger charge is 2.14. The smallest absolute Gasteiger partial charge is 0.321 e. The minimum atomic E-state index is -0.822. The normalized spacial score (nSPS) is 10.7. The molecule has 1 aromatic carbocycles. The van der Waals surface area contributed by atoms with Gasteiger partial charge in [-0.2, -0.15) is 0 Å². The number of urea groups is 1. The Morgan fingerprint density at radius 2 is 1.79 bits per heavy atom. The van der Waals surface area contributed by atoms with E-state index in [0.29, 0.717) is 31.0 Å². The number of carboxylic acid groups (broad SMARTS) is 1. The number of amides is 2. The standard InChI is InChI=1S/C27H39N3O4/c1-4-6-8-9-10-15-29-27(33)30(3)23-18-22(19-28-20-23)24-13-11-21(12-14-26(31)32)17-25(24)34-16-7-5-2/h11,13,17-20H,4-10,12,14-16H2,1-3H3,(H,29,33)(H,31,32). The van der Waals surface area contributed by atoms with Crippen molar-refractivity contribution in [1.82, 2.24) is 10.3 Å². The van der Waals surface area contributed by atoms with Gasteiger partial charge >= 0.3 is 12.0 Å². The lowest BCUT2D eigenvalue weighted by atomic mass is 10.0. The Labute approximate surface area is 203 Å². The Morgan fingerprint density at radius 1 is 1.03 bits per heavy atom. The number of anilines is 1. The molecule has 0 saturated heterocycles. The maximum atomic E-state index is 12.6. The molecule has 0 aliphatic rings. The lowest BCUT2D eigenvalue weighted by Crippen LogP contribution is -2.37. The molecule has 0 atom stereocenters. The third-order valence-electron chi connectivity index (χ3n) is 5.71. The third-order valence-corrected chi connectivity index (χ3v) is 5.71. The Bertz CT molecular complexity index is 916. The van der Waals surface area contributed by atoms with Crippen LogP contribution in [0.2, 0.25) is 0 Å². The van der Waals surface area contributed by atoms with Crippen molar-refractivity contribution < 1.29 is 19.4 Å². The highest BCUT2D eigenvalue weighted by atomic mass is 16.5. The molecule has 7 heteroatoms. The predicted molar refractivity (Wildman–Crippen MR) is 137 cm³/mol. The van der Waals surface area contributed by atoms with Crippen molar-refractivity contribution in [3.8, 4) is 16.9 Å². The number of pyridine rings is 1. The number of nitrogens with zero attached hydrogens (tertiary/aromatic N) is 2. The zero-order valence-corrected chi connectivity index (χ0v) is 20.8. The van der Waals surface area contributed by atoms with Crippen LogP contribution in [0.1, 0.15) is 70.8 Å². The second-order valence-corrected chi connectivity index (χ2v) is 8.56. The number of carbonyl (C=O) groups excluding carboxylic acids is 1. The summed E-state index contributed by atoms with van der Waals surface area (Å²) >= 11 is 0. The number of benzene rings is 1. The van der Waals surface area contributed by atoms with Crippen LogP contribution in [-0.2, 0) is 11.2 Å². The molecule has 2 rings (SSSR count). The van der Waals surface area contributed by atoms with E-state index >= 15 is 0 Å². The van der Waals surface area contributed by atoms with E-state index in [1.54, 1.807) is 24.3 Å². The topological polar surface area (TPSA) is 91.8 Å². The van der Waals surface area contributed by atoms with Gasteiger partial charge in [-0.1, -0.05) is 58.1 Å². The number of nitrogens with one attached hydrogen (secondary N) is 1. The summed E-state index contributed by atoms with van der Waals surface area (Å²) in [4.78, 5) is 29.5. The van der Waals surface area contributed by atoms with Crippen molar-refractivity contribution in [2.75, 3.05) is 25.1 Å². The van der Waals surface area contributed by atoms with Gasteiger partial charge in [0.2, 0.25) is 0 Å². The first-order valence-electron chi connectivity index (χ1n) is 12.4. The van der Waals surface area contributed by atoms with Crippen LogP contribution in [0, 0.1) is 0 Å². The first-order valence-corrected chi connectivity index (χ1v) is 12.4. The number of aryl methyl sites for hydroxylation is 1. The maximum Gasteiger partial charge on any atom is 0.321 e. The van der Waals surface area contributed by atoms with E-state index in [2.05, 4.69) is 24.1 Å². The number of aromatic nitrogens is 1. The van der Waals surface area contributed by atoms with E-state index in [1.807, 2.05) is 24.3 Å². The van der Waals surface area contributed by atoms with Gasteiger partial charge in [0.05, 0.1) is 18.5 Å². The third kappa shape index (κ3) is 9.04. The van der Waals surface area contributed by atoms with E-state index in [1.165, 1.54) is 19.3 Å². The van der Waals surface area contributed by atoms with Crippen molar-refractivity contribution in [2.45, 2.75) is 71.6 Å². The minimum absolute atomic E-state index is 0.0727. The zero-order valence-electron chi connectivity index (χ0n) is 20.8.